The molecule has 1 heterocycles. The molecule has 0 aliphatic carbocycles. The normalized spacial score (nSPS) is 22.1. The monoisotopic (exact) mass is 1080 g/mol. The van der Waals surface area contributed by atoms with Gasteiger partial charge < -0.3 is 75.5 Å². The van der Waals surface area contributed by atoms with E-state index in [-0.39, 0.29) is 101 Å². The van der Waals surface area contributed by atoms with Crippen molar-refractivity contribution in [1.29, 1.82) is 0 Å². The Labute approximate surface area is 453 Å². The lowest BCUT2D eigenvalue weighted by Gasteiger charge is -2.28. The van der Waals surface area contributed by atoms with Crippen molar-refractivity contribution in [2.45, 2.75) is 160 Å². The van der Waals surface area contributed by atoms with Gasteiger partial charge in [0.15, 0.2) is 0 Å². The zero-order valence-corrected chi connectivity index (χ0v) is 45.6. The molecule has 2 aromatic carbocycles. The van der Waals surface area contributed by atoms with E-state index in [0.717, 1.165) is 24.8 Å². The Morgan fingerprint density at radius 2 is 1.05 bits per heavy atom. The number of rotatable bonds is 24. The minimum absolute atomic E-state index is 0.0382. The van der Waals surface area contributed by atoms with E-state index < -0.39 is 101 Å². The van der Waals surface area contributed by atoms with Crippen molar-refractivity contribution in [3.8, 4) is 5.75 Å². The van der Waals surface area contributed by atoms with Gasteiger partial charge in [-0.2, -0.15) is 0 Å². The van der Waals surface area contributed by atoms with Gasteiger partial charge in [0.2, 0.25) is 47.3 Å². The smallest absolute Gasteiger partial charge is 0.251 e. The lowest BCUT2D eigenvalue weighted by molar-refractivity contribution is -0.136. The molecule has 1 fully saturated rings. The Morgan fingerprint density at radius 3 is 1.53 bits per heavy atom. The zero-order valence-electron chi connectivity index (χ0n) is 45.6. The third-order valence-corrected chi connectivity index (χ3v) is 12.7. The summed E-state index contributed by atoms with van der Waals surface area (Å²) < 4.78 is 5.77. The average molecular weight is 1080 g/mol. The van der Waals surface area contributed by atoms with Gasteiger partial charge in [-0.3, -0.25) is 43.2 Å². The summed E-state index contributed by atoms with van der Waals surface area (Å²) in [5.41, 5.74) is 24.8. The highest BCUT2D eigenvalue weighted by molar-refractivity contribution is 6.00. The largest absolute Gasteiger partial charge is 0.494 e. The molecule has 23 heteroatoms. The molecule has 8 atom stereocenters. The van der Waals surface area contributed by atoms with E-state index in [0.29, 0.717) is 18.8 Å². The van der Waals surface area contributed by atoms with Gasteiger partial charge in [0.1, 0.15) is 54.1 Å². The van der Waals surface area contributed by atoms with Gasteiger partial charge in [0.25, 0.3) is 5.91 Å². The van der Waals surface area contributed by atoms with E-state index >= 15 is 0 Å². The van der Waals surface area contributed by atoms with E-state index in [1.807, 2.05) is 58.0 Å². The van der Waals surface area contributed by atoms with Gasteiger partial charge in [-0.15, -0.1) is 0 Å². The molecule has 1 aliphatic rings. The van der Waals surface area contributed by atoms with Crippen LogP contribution in [0.15, 0.2) is 54.6 Å². The average Bonchev–Trinajstić information content (AvgIpc) is 3.39. The second kappa shape index (κ2) is 34.9. The summed E-state index contributed by atoms with van der Waals surface area (Å²) in [5.74, 6) is -6.39. The highest BCUT2D eigenvalue weighted by Crippen LogP contribution is 2.15. The van der Waals surface area contributed by atoms with Crippen molar-refractivity contribution in [2.24, 2.45) is 34.8 Å². The van der Waals surface area contributed by atoms with Gasteiger partial charge in [-0.1, -0.05) is 77.8 Å². The molecule has 9 amide bonds. The lowest BCUT2D eigenvalue weighted by atomic mass is 10.00. The number of aryl methyl sites for hydroxylation is 1. The molecule has 0 saturated carbocycles. The topological polar surface area (TPSA) is 375 Å². The fourth-order valence-electron chi connectivity index (χ4n) is 8.50. The molecule has 1 saturated heterocycles. The summed E-state index contributed by atoms with van der Waals surface area (Å²) in [7, 11) is 0. The Balaban J connectivity index is 2.09. The summed E-state index contributed by atoms with van der Waals surface area (Å²) in [6, 6.07) is 5.34. The van der Waals surface area contributed by atoms with Crippen molar-refractivity contribution in [3.05, 3.63) is 65.7 Å². The van der Waals surface area contributed by atoms with Crippen molar-refractivity contribution in [1.82, 2.24) is 47.9 Å². The first-order valence-corrected chi connectivity index (χ1v) is 27.1. The van der Waals surface area contributed by atoms with Crippen LogP contribution in [0.5, 0.6) is 5.75 Å². The van der Waals surface area contributed by atoms with Gasteiger partial charge in [0, 0.05) is 12.1 Å². The Kier molecular flexibility index (Phi) is 29.3. The van der Waals surface area contributed by atoms with Crippen LogP contribution in [-0.4, -0.2) is 141 Å². The molecule has 0 radical (unpaired) electrons. The van der Waals surface area contributed by atoms with Gasteiger partial charge in [0.05, 0.1) is 6.61 Å². The molecular formula is C54H87N13O10. The van der Waals surface area contributed by atoms with Crippen LogP contribution < -0.4 is 75.5 Å². The van der Waals surface area contributed by atoms with E-state index in [9.17, 15) is 43.2 Å². The maximum Gasteiger partial charge on any atom is 0.251 e. The van der Waals surface area contributed by atoms with Crippen molar-refractivity contribution >= 4 is 53.2 Å². The zero-order chi connectivity index (χ0) is 56.9. The molecule has 428 valence electrons. The predicted octanol–water partition coefficient (Wildman–Crippen LogP) is -0.612. The second-order valence-corrected chi connectivity index (χ2v) is 20.2. The number of ether oxygens (including phenoxy) is 1. The number of hydrogen-bond acceptors (Lipinski definition) is 14. The molecule has 17 N–H and O–H groups in total. The fraction of sp³-hybridized carbons (Fsp3) is 0.611. The molecule has 0 bridgehead atoms. The summed E-state index contributed by atoms with van der Waals surface area (Å²) in [6.45, 7) is 9.46. The predicted molar refractivity (Wildman–Crippen MR) is 292 cm³/mol. The van der Waals surface area contributed by atoms with Crippen LogP contribution in [0.25, 0.3) is 0 Å². The van der Waals surface area contributed by atoms with Crippen LogP contribution in [0.2, 0.25) is 0 Å². The van der Waals surface area contributed by atoms with E-state index in [1.165, 1.54) is 0 Å². The van der Waals surface area contributed by atoms with Crippen molar-refractivity contribution < 1.29 is 47.9 Å². The molecular weight excluding hydrogens is 991 g/mol. The highest BCUT2D eigenvalue weighted by Gasteiger charge is 2.35. The number of nitrogens with two attached hydrogens (primary N) is 4. The number of carbonyl (C=O) groups excluding carboxylic acids is 9. The third kappa shape index (κ3) is 23.2. The van der Waals surface area contributed by atoms with E-state index in [4.69, 9.17) is 27.7 Å². The first-order valence-electron chi connectivity index (χ1n) is 27.1. The number of carbonyl (C=O) groups is 9. The molecule has 3 rings (SSSR count). The van der Waals surface area contributed by atoms with Crippen LogP contribution >= 0.6 is 0 Å². The van der Waals surface area contributed by atoms with Crippen LogP contribution in [0.3, 0.4) is 0 Å². The quantitative estimate of drug-likeness (QED) is 0.0584. The van der Waals surface area contributed by atoms with Crippen LogP contribution in [-0.2, 0) is 44.8 Å². The van der Waals surface area contributed by atoms with Crippen molar-refractivity contribution in [2.75, 3.05) is 39.3 Å². The molecule has 2 aromatic rings. The lowest BCUT2D eigenvalue weighted by Crippen LogP contribution is -2.60. The fourth-order valence-corrected chi connectivity index (χ4v) is 8.50. The minimum Gasteiger partial charge on any atom is -0.494 e. The van der Waals surface area contributed by atoms with Crippen LogP contribution in [0, 0.1) is 11.8 Å². The van der Waals surface area contributed by atoms with Crippen molar-refractivity contribution in [3.63, 3.8) is 0 Å². The summed E-state index contributed by atoms with van der Waals surface area (Å²) in [5, 5.41) is 24.4. The van der Waals surface area contributed by atoms with Gasteiger partial charge in [-0.25, -0.2) is 0 Å². The Hall–Kier alpha value is -6.69. The van der Waals surface area contributed by atoms with Crippen LogP contribution in [0.4, 0.5) is 0 Å². The number of hydrogen-bond donors (Lipinski definition) is 13. The number of unbranched alkanes of at least 4 members (excludes halogenated alkanes) is 2. The maximum atomic E-state index is 14.5. The van der Waals surface area contributed by atoms with Crippen LogP contribution in [0.1, 0.15) is 121 Å². The number of amides is 9. The maximum absolute atomic E-state index is 14.5. The van der Waals surface area contributed by atoms with Gasteiger partial charge >= 0.3 is 0 Å². The molecule has 0 spiro atoms. The molecule has 77 heavy (non-hydrogen) atoms. The second-order valence-electron chi connectivity index (χ2n) is 20.2. The summed E-state index contributed by atoms with van der Waals surface area (Å²) in [4.78, 5) is 127. The SMILES string of the molecule is CCCCCOc1ccc(C(=O)N[C@H](CCN)C(=O)N[C@H]2CCNC(=O)[C@H](CC(C)C)NC(=O)[C@H](CCN)NC(=O)[C@H](CCN)NC(=O)[C@H](CC(C)C)NC(=O)[C@@H](CCc3ccccc3)NC(=O)[C@H](CCN)NC2=O)cc1. The summed E-state index contributed by atoms with van der Waals surface area (Å²) >= 11 is 0. The first kappa shape index (κ1) is 64.6. The molecule has 0 unspecified atom stereocenters. The van der Waals surface area contributed by atoms with Gasteiger partial charge in [-0.05, 0) is 132 Å². The number of benzene rings is 2. The standard InChI is InChI=1S/C54H87N13O10/c1-6-7-11-30-77-37-17-15-36(16-18-37)46(68)60-39(20-25-55)49(71)65-43-24-29-59-47(69)44(31-33(2)3)66-52(74)42(23-28-58)62-51(73)41(22-27-57)64-54(76)45(32-34(4)5)67-48(70)38(19-14-35-12-9-8-10-13-35)61-50(72)40(21-26-56)63-53(43)75/h8-10,12-13,15-18,33-34,38-45H,6-7,11,14,19-32,55-58H2,1-5H3,(H,59,69)(H,60,68)(H,61,72)(H,62,73)(H,63,75)(H,64,76)(H,65,71)(H,66,74)(H,67,70)/t38-,39-,40+,41+,42+,43+,44+,45+/m1/s1. The number of nitrogens with one attached hydrogen (secondary N) is 9. The Bertz CT molecular complexity index is 2200. The van der Waals surface area contributed by atoms with E-state index in [1.54, 1.807) is 24.3 Å². The summed E-state index contributed by atoms with van der Waals surface area (Å²) in [6.07, 6.45) is 3.01. The molecule has 23 nitrogen and oxygen atoms in total. The third-order valence-electron chi connectivity index (χ3n) is 12.7. The van der Waals surface area contributed by atoms with E-state index in [2.05, 4.69) is 54.8 Å². The first-order chi connectivity index (χ1) is 36.8. The molecule has 1 aliphatic heterocycles. The Morgan fingerprint density at radius 1 is 0.584 bits per heavy atom. The minimum atomic E-state index is -1.46. The molecule has 0 aromatic heterocycles. The highest BCUT2D eigenvalue weighted by atomic mass is 16.5.